The zero-order valence-electron chi connectivity index (χ0n) is 13.1. The molecule has 1 N–H and O–H groups in total. The molecule has 1 aromatic heterocycles. The Bertz CT molecular complexity index is 544. The molecule has 21 heavy (non-hydrogen) atoms. The highest BCUT2D eigenvalue weighted by Crippen LogP contribution is 2.25. The molecule has 0 aliphatic rings. The maximum atomic E-state index is 5.99. The number of aromatic nitrogens is 1. The van der Waals surface area contributed by atoms with E-state index < -0.39 is 0 Å². The molecule has 0 saturated carbocycles. The second-order valence-corrected chi connectivity index (χ2v) is 5.29. The molecule has 0 spiro atoms. The normalized spacial score (nSPS) is 10.6. The molecule has 2 rings (SSSR count). The number of rotatable bonds is 7. The maximum Gasteiger partial charge on any atom is 0.125 e. The number of hydrogen-bond donors (Lipinski definition) is 1. The molecule has 0 amide bonds. The fourth-order valence-electron chi connectivity index (χ4n) is 2.46. The summed E-state index contributed by atoms with van der Waals surface area (Å²) >= 11 is 0. The predicted octanol–water partition coefficient (Wildman–Crippen LogP) is 3.43. The lowest BCUT2D eigenvalue weighted by Crippen LogP contribution is -2.12. The average Bonchev–Trinajstić information content (AvgIpc) is 2.49. The molecule has 3 nitrogen and oxygen atoms in total. The summed E-state index contributed by atoms with van der Waals surface area (Å²) in [5, 5.41) is 3.36. The van der Waals surface area contributed by atoms with Crippen molar-refractivity contribution in [1.82, 2.24) is 10.3 Å². The third-order valence-corrected chi connectivity index (χ3v) is 3.49. The Kier molecular flexibility index (Phi) is 5.76. The summed E-state index contributed by atoms with van der Waals surface area (Å²) in [7, 11) is 0. The second kappa shape index (κ2) is 7.79. The van der Waals surface area contributed by atoms with Crippen molar-refractivity contribution in [3.8, 4) is 5.75 Å². The van der Waals surface area contributed by atoms with Crippen LogP contribution in [0.5, 0.6) is 5.75 Å². The van der Waals surface area contributed by atoms with Crippen molar-refractivity contribution in [2.75, 3.05) is 13.2 Å². The first-order valence-electron chi connectivity index (χ1n) is 7.53. The lowest BCUT2D eigenvalue weighted by molar-refractivity contribution is 0.317. The zero-order valence-corrected chi connectivity index (χ0v) is 13.1. The molecular weight excluding hydrogens is 260 g/mol. The van der Waals surface area contributed by atoms with Gasteiger partial charge in [0, 0.05) is 25.4 Å². The largest absolute Gasteiger partial charge is 0.493 e. The number of nitrogens with zero attached hydrogens (tertiary/aromatic N) is 1. The van der Waals surface area contributed by atoms with Gasteiger partial charge in [0.2, 0.25) is 0 Å². The van der Waals surface area contributed by atoms with Crippen molar-refractivity contribution in [3.63, 3.8) is 0 Å². The van der Waals surface area contributed by atoms with E-state index in [1.54, 1.807) is 0 Å². The fraction of sp³-hybridized carbons (Fsp3) is 0.389. The van der Waals surface area contributed by atoms with E-state index in [2.05, 4.69) is 43.2 Å². The van der Waals surface area contributed by atoms with Crippen LogP contribution in [0.3, 0.4) is 0 Å². The minimum absolute atomic E-state index is 0.693. The zero-order chi connectivity index (χ0) is 15.1. The number of hydrogen-bond acceptors (Lipinski definition) is 3. The topological polar surface area (TPSA) is 34.1 Å². The minimum atomic E-state index is 0.693. The van der Waals surface area contributed by atoms with Gasteiger partial charge in [0.15, 0.2) is 0 Å². The van der Waals surface area contributed by atoms with E-state index in [1.165, 1.54) is 22.3 Å². The summed E-state index contributed by atoms with van der Waals surface area (Å²) in [5.74, 6) is 1.02. The smallest absolute Gasteiger partial charge is 0.125 e. The van der Waals surface area contributed by atoms with Crippen molar-refractivity contribution >= 4 is 0 Å². The van der Waals surface area contributed by atoms with Gasteiger partial charge in [-0.2, -0.15) is 0 Å². The van der Waals surface area contributed by atoms with Gasteiger partial charge in [-0.05, 0) is 54.8 Å². The number of benzene rings is 1. The van der Waals surface area contributed by atoms with Crippen LogP contribution >= 0.6 is 0 Å². The van der Waals surface area contributed by atoms with Gasteiger partial charge < -0.3 is 10.1 Å². The van der Waals surface area contributed by atoms with Crippen LogP contribution in [0.4, 0.5) is 0 Å². The molecule has 0 saturated heterocycles. The number of ether oxygens (including phenoxy) is 1. The summed E-state index contributed by atoms with van der Waals surface area (Å²) in [5.41, 5.74) is 4.98. The van der Waals surface area contributed by atoms with Gasteiger partial charge in [0.1, 0.15) is 5.75 Å². The molecule has 0 unspecified atom stereocenters. The van der Waals surface area contributed by atoms with E-state index in [-0.39, 0.29) is 0 Å². The minimum Gasteiger partial charge on any atom is -0.493 e. The molecule has 0 atom stereocenters. The molecule has 1 heterocycles. The SMILES string of the molecule is CCNCc1cc(C)c(OCCc2ccncc2)c(C)c1. The predicted molar refractivity (Wildman–Crippen MR) is 86.7 cm³/mol. The third kappa shape index (κ3) is 4.57. The lowest BCUT2D eigenvalue weighted by atomic mass is 10.1. The van der Waals surface area contributed by atoms with Crippen molar-refractivity contribution < 1.29 is 4.74 Å². The first kappa shape index (κ1) is 15.5. The fourth-order valence-corrected chi connectivity index (χ4v) is 2.46. The van der Waals surface area contributed by atoms with E-state index in [4.69, 9.17) is 4.74 Å². The highest BCUT2D eigenvalue weighted by molar-refractivity contribution is 5.43. The first-order valence-corrected chi connectivity index (χ1v) is 7.53. The van der Waals surface area contributed by atoms with Gasteiger partial charge >= 0.3 is 0 Å². The molecule has 0 radical (unpaired) electrons. The molecule has 0 aliphatic carbocycles. The molecule has 1 aromatic carbocycles. The Morgan fingerprint density at radius 2 is 1.71 bits per heavy atom. The Morgan fingerprint density at radius 1 is 1.05 bits per heavy atom. The van der Waals surface area contributed by atoms with Gasteiger partial charge in [-0.1, -0.05) is 19.1 Å². The molecule has 3 heteroatoms. The van der Waals surface area contributed by atoms with E-state index in [9.17, 15) is 0 Å². The molecule has 2 aromatic rings. The van der Waals surface area contributed by atoms with Gasteiger partial charge in [0.05, 0.1) is 6.61 Å². The first-order chi connectivity index (χ1) is 10.2. The molecule has 0 aliphatic heterocycles. The van der Waals surface area contributed by atoms with Crippen LogP contribution in [0, 0.1) is 13.8 Å². The van der Waals surface area contributed by atoms with Crippen molar-refractivity contribution in [2.24, 2.45) is 0 Å². The van der Waals surface area contributed by atoms with Crippen LogP contribution < -0.4 is 10.1 Å². The van der Waals surface area contributed by atoms with E-state index in [0.717, 1.165) is 25.3 Å². The van der Waals surface area contributed by atoms with Crippen LogP contribution in [-0.2, 0) is 13.0 Å². The van der Waals surface area contributed by atoms with Gasteiger partial charge in [-0.3, -0.25) is 4.98 Å². The highest BCUT2D eigenvalue weighted by atomic mass is 16.5. The van der Waals surface area contributed by atoms with E-state index >= 15 is 0 Å². The summed E-state index contributed by atoms with van der Waals surface area (Å²) in [6, 6.07) is 8.47. The molecular formula is C18H24N2O. The summed E-state index contributed by atoms with van der Waals surface area (Å²) in [6.45, 7) is 8.95. The van der Waals surface area contributed by atoms with Crippen LogP contribution in [0.15, 0.2) is 36.7 Å². The summed E-state index contributed by atoms with van der Waals surface area (Å²) < 4.78 is 5.99. The van der Waals surface area contributed by atoms with Crippen LogP contribution in [0.1, 0.15) is 29.2 Å². The summed E-state index contributed by atoms with van der Waals surface area (Å²) in [4.78, 5) is 4.03. The van der Waals surface area contributed by atoms with Crippen LogP contribution in [-0.4, -0.2) is 18.1 Å². The Hall–Kier alpha value is -1.87. The average molecular weight is 284 g/mol. The summed E-state index contributed by atoms with van der Waals surface area (Å²) in [6.07, 6.45) is 4.54. The van der Waals surface area contributed by atoms with Gasteiger partial charge in [-0.15, -0.1) is 0 Å². The number of nitrogens with one attached hydrogen (secondary N) is 1. The van der Waals surface area contributed by atoms with Crippen molar-refractivity contribution in [2.45, 2.75) is 33.7 Å². The van der Waals surface area contributed by atoms with Crippen LogP contribution in [0.2, 0.25) is 0 Å². The lowest BCUT2D eigenvalue weighted by Gasteiger charge is -2.14. The standard InChI is InChI=1S/C18H24N2O/c1-4-19-13-17-11-14(2)18(15(3)12-17)21-10-7-16-5-8-20-9-6-16/h5-6,8-9,11-12,19H,4,7,10,13H2,1-3H3. The van der Waals surface area contributed by atoms with Gasteiger partial charge in [0.25, 0.3) is 0 Å². The maximum absolute atomic E-state index is 5.99. The quantitative estimate of drug-likeness (QED) is 0.846. The Balaban J connectivity index is 1.96. The number of aryl methyl sites for hydroxylation is 2. The Labute approximate surface area is 127 Å². The number of pyridine rings is 1. The van der Waals surface area contributed by atoms with Crippen molar-refractivity contribution in [1.29, 1.82) is 0 Å². The van der Waals surface area contributed by atoms with Crippen molar-refractivity contribution in [3.05, 3.63) is 58.9 Å². The van der Waals surface area contributed by atoms with E-state index in [1.807, 2.05) is 24.5 Å². The molecule has 0 fully saturated rings. The van der Waals surface area contributed by atoms with E-state index in [0.29, 0.717) is 6.61 Å². The molecule has 112 valence electrons. The highest BCUT2D eigenvalue weighted by Gasteiger charge is 2.06. The second-order valence-electron chi connectivity index (χ2n) is 5.29. The monoisotopic (exact) mass is 284 g/mol. The Morgan fingerprint density at radius 3 is 2.33 bits per heavy atom. The molecule has 0 bridgehead atoms. The van der Waals surface area contributed by atoms with Gasteiger partial charge in [-0.25, -0.2) is 0 Å². The third-order valence-electron chi connectivity index (χ3n) is 3.49. The van der Waals surface area contributed by atoms with Crippen LogP contribution in [0.25, 0.3) is 0 Å².